The molecule has 0 saturated heterocycles. The number of terminal acetylenes is 1. The molecular formula is C23H35N4O5P. The first-order chi connectivity index (χ1) is 15.7. The minimum absolute atomic E-state index is 0.00174. The molecule has 0 radical (unpaired) electrons. The monoisotopic (exact) mass is 478 g/mol. The molecule has 2 rings (SSSR count). The summed E-state index contributed by atoms with van der Waals surface area (Å²) in [7, 11) is -1.37. The van der Waals surface area contributed by atoms with Crippen molar-refractivity contribution in [2.45, 2.75) is 71.7 Å². The standard InChI is InChI=1S/C23H35N4O5P/c1-8-10-30-21-13-20(26-14-18(6)22(28)25-23(26)29)12-19(21)15-32-33(31-11-9-24-7)27(16(2)3)17(4)5/h1,14,16-17,19-21H,9-13,15H2,2-6H3,(H,25,28,29)/t19-,20-,21?,33?/m1/s1. The summed E-state index contributed by atoms with van der Waals surface area (Å²) < 4.78 is 22.0. The number of hydrogen-bond donors (Lipinski definition) is 1. The lowest BCUT2D eigenvalue weighted by molar-refractivity contribution is 0.0288. The molecule has 33 heavy (non-hydrogen) atoms. The van der Waals surface area contributed by atoms with E-state index in [2.05, 4.69) is 48.1 Å². The van der Waals surface area contributed by atoms with E-state index in [0.717, 1.165) is 0 Å². The Morgan fingerprint density at radius 3 is 2.61 bits per heavy atom. The third-order valence-corrected chi connectivity index (χ3v) is 7.65. The Labute approximate surface area is 197 Å². The van der Waals surface area contributed by atoms with Crippen LogP contribution < -0.4 is 11.2 Å². The van der Waals surface area contributed by atoms with Gasteiger partial charge in [0.1, 0.15) is 13.2 Å². The van der Waals surface area contributed by atoms with Gasteiger partial charge in [-0.25, -0.2) is 16.0 Å². The van der Waals surface area contributed by atoms with Crippen LogP contribution in [0.15, 0.2) is 15.8 Å². The number of ether oxygens (including phenoxy) is 1. The number of aryl methyl sites for hydroxylation is 1. The van der Waals surface area contributed by atoms with E-state index >= 15 is 0 Å². The molecule has 1 N–H and O–H groups in total. The molecule has 1 saturated carbocycles. The molecule has 1 aliphatic rings. The molecule has 1 aromatic heterocycles. The van der Waals surface area contributed by atoms with Crippen LogP contribution in [0.5, 0.6) is 0 Å². The van der Waals surface area contributed by atoms with E-state index in [1.165, 1.54) is 0 Å². The zero-order chi connectivity index (χ0) is 24.5. The first-order valence-corrected chi connectivity index (χ1v) is 12.4. The predicted molar refractivity (Wildman–Crippen MR) is 129 cm³/mol. The van der Waals surface area contributed by atoms with Gasteiger partial charge in [-0.2, -0.15) is 0 Å². The molecule has 1 heterocycles. The average Bonchev–Trinajstić information content (AvgIpc) is 3.15. The van der Waals surface area contributed by atoms with Crippen molar-refractivity contribution in [2.24, 2.45) is 5.92 Å². The van der Waals surface area contributed by atoms with Crippen LogP contribution in [-0.2, 0) is 13.8 Å². The second-order valence-corrected chi connectivity index (χ2v) is 10.2. The van der Waals surface area contributed by atoms with Crippen molar-refractivity contribution in [1.82, 2.24) is 14.2 Å². The van der Waals surface area contributed by atoms with E-state index in [9.17, 15) is 9.59 Å². The Morgan fingerprint density at radius 2 is 2.00 bits per heavy atom. The second-order valence-electron chi connectivity index (χ2n) is 8.73. The minimum Gasteiger partial charge on any atom is -0.365 e. The summed E-state index contributed by atoms with van der Waals surface area (Å²) in [6.45, 7) is 18.2. The van der Waals surface area contributed by atoms with Crippen molar-refractivity contribution in [2.75, 3.05) is 26.4 Å². The van der Waals surface area contributed by atoms with E-state index in [0.29, 0.717) is 31.6 Å². The molecule has 182 valence electrons. The Hall–Kier alpha value is -2.00. The first kappa shape index (κ1) is 27.2. The number of aromatic amines is 1. The van der Waals surface area contributed by atoms with Gasteiger partial charge in [0.25, 0.3) is 14.1 Å². The van der Waals surface area contributed by atoms with Crippen molar-refractivity contribution in [1.29, 1.82) is 0 Å². The molecule has 0 aromatic carbocycles. The molecule has 0 amide bonds. The van der Waals surface area contributed by atoms with Gasteiger partial charge in [-0.3, -0.25) is 14.3 Å². The number of aromatic nitrogens is 2. The van der Waals surface area contributed by atoms with Gasteiger partial charge in [0.05, 0.1) is 12.7 Å². The van der Waals surface area contributed by atoms with E-state index < -0.39 is 14.2 Å². The summed E-state index contributed by atoms with van der Waals surface area (Å²) in [5, 5.41) is 0. The van der Waals surface area contributed by atoms with E-state index in [-0.39, 0.29) is 48.9 Å². The lowest BCUT2D eigenvalue weighted by Gasteiger charge is -2.36. The Morgan fingerprint density at radius 1 is 1.30 bits per heavy atom. The number of nitrogens with one attached hydrogen (secondary N) is 1. The molecule has 1 fully saturated rings. The highest BCUT2D eigenvalue weighted by molar-refractivity contribution is 7.44. The van der Waals surface area contributed by atoms with Crippen LogP contribution >= 0.6 is 8.53 Å². The van der Waals surface area contributed by atoms with Crippen LogP contribution in [0, 0.1) is 31.8 Å². The molecule has 0 bridgehead atoms. The quantitative estimate of drug-likeness (QED) is 0.215. The lowest BCUT2D eigenvalue weighted by atomic mass is 10.1. The summed E-state index contributed by atoms with van der Waals surface area (Å²) in [6.07, 6.45) is 8.07. The van der Waals surface area contributed by atoms with Crippen molar-refractivity contribution < 1.29 is 13.8 Å². The number of nitrogens with zero attached hydrogens (tertiary/aromatic N) is 3. The number of hydrogen-bond acceptors (Lipinski definition) is 6. The van der Waals surface area contributed by atoms with E-state index in [1.807, 2.05) is 0 Å². The molecule has 4 atom stereocenters. The van der Waals surface area contributed by atoms with Crippen LogP contribution in [-0.4, -0.2) is 58.8 Å². The van der Waals surface area contributed by atoms with Crippen LogP contribution in [0.1, 0.15) is 52.1 Å². The smallest absolute Gasteiger partial charge is 0.328 e. The molecule has 0 spiro atoms. The van der Waals surface area contributed by atoms with Gasteiger partial charge >= 0.3 is 5.69 Å². The van der Waals surface area contributed by atoms with E-state index in [4.69, 9.17) is 26.8 Å². The topological polar surface area (TPSA) is 90.2 Å². The highest BCUT2D eigenvalue weighted by atomic mass is 31.2. The predicted octanol–water partition coefficient (Wildman–Crippen LogP) is 3.11. The highest BCUT2D eigenvalue weighted by Gasteiger charge is 2.38. The average molecular weight is 479 g/mol. The van der Waals surface area contributed by atoms with Gasteiger partial charge in [-0.1, -0.05) is 5.92 Å². The molecule has 1 aliphatic carbocycles. The lowest BCUT2D eigenvalue weighted by Crippen LogP contribution is -2.34. The zero-order valence-electron chi connectivity index (χ0n) is 20.1. The van der Waals surface area contributed by atoms with Crippen LogP contribution in [0.2, 0.25) is 0 Å². The molecule has 9 nitrogen and oxygen atoms in total. The summed E-state index contributed by atoms with van der Waals surface area (Å²) in [6, 6.07) is 0.276. The van der Waals surface area contributed by atoms with E-state index in [1.54, 1.807) is 17.7 Å². The van der Waals surface area contributed by atoms with Crippen LogP contribution in [0.4, 0.5) is 0 Å². The largest absolute Gasteiger partial charge is 0.365 e. The van der Waals surface area contributed by atoms with Crippen molar-refractivity contribution in [3.63, 3.8) is 0 Å². The number of H-pyrrole nitrogens is 1. The third-order valence-electron chi connectivity index (χ3n) is 5.58. The second kappa shape index (κ2) is 13.0. The maximum absolute atomic E-state index is 12.4. The van der Waals surface area contributed by atoms with Crippen molar-refractivity contribution >= 4 is 8.53 Å². The molecule has 1 aromatic rings. The summed E-state index contributed by atoms with van der Waals surface area (Å²) in [5.41, 5.74) is -0.320. The summed E-state index contributed by atoms with van der Waals surface area (Å²) in [4.78, 5) is 29.9. The van der Waals surface area contributed by atoms with Gasteiger partial charge in [0, 0.05) is 35.8 Å². The molecule has 0 aliphatic heterocycles. The number of rotatable bonds is 12. The van der Waals surface area contributed by atoms with Crippen LogP contribution in [0.3, 0.4) is 0 Å². The normalized spacial score (nSPS) is 21.5. The fourth-order valence-corrected chi connectivity index (χ4v) is 5.80. The van der Waals surface area contributed by atoms with Crippen molar-refractivity contribution in [3.05, 3.63) is 44.0 Å². The Kier molecular flexibility index (Phi) is 10.8. The van der Waals surface area contributed by atoms with Gasteiger partial charge in [0.2, 0.25) is 6.54 Å². The summed E-state index contributed by atoms with van der Waals surface area (Å²) >= 11 is 0. The zero-order valence-corrected chi connectivity index (χ0v) is 21.0. The van der Waals surface area contributed by atoms with Crippen molar-refractivity contribution in [3.8, 4) is 12.3 Å². The first-order valence-electron chi connectivity index (χ1n) is 11.2. The maximum Gasteiger partial charge on any atom is 0.328 e. The van der Waals surface area contributed by atoms with Gasteiger partial charge in [-0.05, 0) is 47.5 Å². The maximum atomic E-state index is 12.4. The van der Waals surface area contributed by atoms with Crippen LogP contribution in [0.25, 0.3) is 4.85 Å². The molecular weight excluding hydrogens is 443 g/mol. The third kappa shape index (κ3) is 7.50. The summed E-state index contributed by atoms with van der Waals surface area (Å²) in [5.74, 6) is 2.51. The Bertz CT molecular complexity index is 953. The van der Waals surface area contributed by atoms with Gasteiger partial charge in [-0.15, -0.1) is 6.42 Å². The highest BCUT2D eigenvalue weighted by Crippen LogP contribution is 2.47. The minimum atomic E-state index is -1.37. The fourth-order valence-electron chi connectivity index (χ4n) is 4.15. The van der Waals surface area contributed by atoms with Gasteiger partial charge in [0.15, 0.2) is 0 Å². The fraction of sp³-hybridized carbons (Fsp3) is 0.696. The molecule has 2 unspecified atom stereocenters. The van der Waals surface area contributed by atoms with Gasteiger partial charge < -0.3 is 18.6 Å². The Balaban J connectivity index is 2.19. The molecule has 10 heteroatoms. The SMILES string of the molecule is [C-]#[N+]CCOP(OC[C@H]1C[C@@H](n2cc(C)c(=O)[nH]c2=O)CC1OCC#C)N(C(C)C)C(C)C.